The Labute approximate surface area is 130 Å². The lowest BCUT2D eigenvalue weighted by Crippen LogP contribution is -2.55. The van der Waals surface area contributed by atoms with E-state index in [4.69, 9.17) is 0 Å². The van der Waals surface area contributed by atoms with Gasteiger partial charge in [-0.05, 0) is 81.6 Å². The van der Waals surface area contributed by atoms with Crippen LogP contribution in [0.4, 0.5) is 0 Å². The summed E-state index contributed by atoms with van der Waals surface area (Å²) in [7, 11) is 2.26. The van der Waals surface area contributed by atoms with Crippen LogP contribution in [-0.4, -0.2) is 35.7 Å². The van der Waals surface area contributed by atoms with E-state index >= 15 is 0 Å². The normalized spacial score (nSPS) is 44.4. The molecule has 5 rings (SSSR count). The van der Waals surface area contributed by atoms with Crippen LogP contribution in [0.25, 0.3) is 0 Å². The molecule has 21 heavy (non-hydrogen) atoms. The van der Waals surface area contributed by atoms with Crippen molar-refractivity contribution in [3.8, 4) is 0 Å². The minimum atomic E-state index is -0.0715. The Kier molecular flexibility index (Phi) is 3.82. The summed E-state index contributed by atoms with van der Waals surface area (Å²) in [4.78, 5) is 2.50. The first-order valence-electron chi connectivity index (χ1n) is 9.53. The SMILES string of the molecule is CN(CC(O)C12CC3CC(CC(C3)C1)C2)C1CCCCC1. The van der Waals surface area contributed by atoms with Gasteiger partial charge < -0.3 is 10.0 Å². The summed E-state index contributed by atoms with van der Waals surface area (Å²) in [5.74, 6) is 2.85. The van der Waals surface area contributed by atoms with Gasteiger partial charge in [-0.2, -0.15) is 0 Å². The van der Waals surface area contributed by atoms with Crippen molar-refractivity contribution in [3.63, 3.8) is 0 Å². The van der Waals surface area contributed by atoms with E-state index in [1.807, 2.05) is 0 Å². The van der Waals surface area contributed by atoms with Crippen molar-refractivity contribution in [1.29, 1.82) is 0 Å². The third kappa shape index (κ3) is 2.67. The first-order chi connectivity index (χ1) is 10.1. The highest BCUT2D eigenvalue weighted by Gasteiger charge is 2.54. The topological polar surface area (TPSA) is 23.5 Å². The zero-order valence-electron chi connectivity index (χ0n) is 13.8. The van der Waals surface area contributed by atoms with Crippen LogP contribution in [-0.2, 0) is 0 Å². The number of hydrogen-bond donors (Lipinski definition) is 1. The molecule has 5 fully saturated rings. The Balaban J connectivity index is 1.41. The largest absolute Gasteiger partial charge is 0.391 e. The molecule has 5 aliphatic rings. The summed E-state index contributed by atoms with van der Waals surface area (Å²) >= 11 is 0. The van der Waals surface area contributed by atoms with Gasteiger partial charge in [0.2, 0.25) is 0 Å². The van der Waals surface area contributed by atoms with Crippen LogP contribution in [0, 0.1) is 23.2 Å². The van der Waals surface area contributed by atoms with Crippen molar-refractivity contribution < 1.29 is 5.11 Å². The lowest BCUT2D eigenvalue weighted by Gasteiger charge is -2.59. The molecular weight excluding hydrogens is 258 g/mol. The average molecular weight is 291 g/mol. The zero-order chi connectivity index (χ0) is 14.4. The van der Waals surface area contributed by atoms with Gasteiger partial charge in [-0.15, -0.1) is 0 Å². The van der Waals surface area contributed by atoms with Crippen molar-refractivity contribution in [1.82, 2.24) is 4.90 Å². The second-order valence-corrected chi connectivity index (χ2v) is 9.03. The van der Waals surface area contributed by atoms with Crippen LogP contribution >= 0.6 is 0 Å². The molecule has 1 unspecified atom stereocenters. The fourth-order valence-electron chi connectivity index (χ4n) is 6.72. The van der Waals surface area contributed by atoms with E-state index < -0.39 is 0 Å². The van der Waals surface area contributed by atoms with Gasteiger partial charge in [0.25, 0.3) is 0 Å². The van der Waals surface area contributed by atoms with E-state index in [9.17, 15) is 5.11 Å². The van der Waals surface area contributed by atoms with Crippen molar-refractivity contribution >= 4 is 0 Å². The smallest absolute Gasteiger partial charge is 0.0723 e. The Morgan fingerprint density at radius 2 is 1.48 bits per heavy atom. The van der Waals surface area contributed by atoms with Crippen molar-refractivity contribution in [2.75, 3.05) is 13.6 Å². The Hall–Kier alpha value is -0.0800. The number of likely N-dealkylation sites (N-methyl/N-ethyl adjacent to an activating group) is 1. The molecule has 0 spiro atoms. The highest BCUT2D eigenvalue weighted by molar-refractivity contribution is 5.04. The average Bonchev–Trinajstić information content (AvgIpc) is 2.46. The summed E-state index contributed by atoms with van der Waals surface area (Å²) in [5.41, 5.74) is 0.303. The highest BCUT2D eigenvalue weighted by Crippen LogP contribution is 2.61. The molecule has 0 aliphatic heterocycles. The van der Waals surface area contributed by atoms with Crippen LogP contribution in [0.3, 0.4) is 0 Å². The molecule has 0 saturated heterocycles. The van der Waals surface area contributed by atoms with E-state index in [0.29, 0.717) is 5.41 Å². The quantitative estimate of drug-likeness (QED) is 0.851. The zero-order valence-corrected chi connectivity index (χ0v) is 13.8. The van der Waals surface area contributed by atoms with E-state index in [2.05, 4.69) is 11.9 Å². The van der Waals surface area contributed by atoms with Gasteiger partial charge in [-0.25, -0.2) is 0 Å². The third-order valence-electron chi connectivity index (χ3n) is 7.45. The summed E-state index contributed by atoms with van der Waals surface area (Å²) in [6.45, 7) is 0.927. The predicted molar refractivity (Wildman–Crippen MR) is 86.1 cm³/mol. The second kappa shape index (κ2) is 5.53. The van der Waals surface area contributed by atoms with Gasteiger partial charge >= 0.3 is 0 Å². The maximum Gasteiger partial charge on any atom is 0.0723 e. The highest BCUT2D eigenvalue weighted by atomic mass is 16.3. The molecule has 5 saturated carbocycles. The molecule has 0 radical (unpaired) electrons. The molecule has 0 heterocycles. The van der Waals surface area contributed by atoms with Crippen molar-refractivity contribution in [3.05, 3.63) is 0 Å². The summed E-state index contributed by atoms with van der Waals surface area (Å²) in [6, 6.07) is 0.738. The molecule has 0 aromatic rings. The number of aliphatic hydroxyl groups is 1. The Bertz CT molecular complexity index is 338. The lowest BCUT2D eigenvalue weighted by molar-refractivity contribution is -0.127. The number of aliphatic hydroxyl groups excluding tert-OH is 1. The standard InChI is InChI=1S/C19H33NO/c1-20(17-5-3-2-4-6-17)13-18(21)19-10-14-7-15(11-19)9-16(8-14)12-19/h14-18,21H,2-13H2,1H3. The van der Waals surface area contributed by atoms with Crippen LogP contribution in [0.15, 0.2) is 0 Å². The molecule has 0 amide bonds. The van der Waals surface area contributed by atoms with Crippen molar-refractivity contribution in [2.45, 2.75) is 82.8 Å². The molecular formula is C19H33NO. The van der Waals surface area contributed by atoms with E-state index in [1.165, 1.54) is 70.6 Å². The minimum absolute atomic E-state index is 0.0715. The molecule has 0 aromatic heterocycles. The fraction of sp³-hybridized carbons (Fsp3) is 1.00. The fourth-order valence-corrected chi connectivity index (χ4v) is 6.72. The second-order valence-electron chi connectivity index (χ2n) is 9.03. The van der Waals surface area contributed by atoms with Gasteiger partial charge in [-0.3, -0.25) is 0 Å². The maximum absolute atomic E-state index is 11.1. The van der Waals surface area contributed by atoms with Crippen LogP contribution in [0.2, 0.25) is 0 Å². The van der Waals surface area contributed by atoms with Gasteiger partial charge in [0.1, 0.15) is 0 Å². The van der Waals surface area contributed by atoms with Gasteiger partial charge in [0.05, 0.1) is 6.10 Å². The minimum Gasteiger partial charge on any atom is -0.391 e. The number of nitrogens with zero attached hydrogens (tertiary/aromatic N) is 1. The van der Waals surface area contributed by atoms with Gasteiger partial charge in [-0.1, -0.05) is 19.3 Å². The summed E-state index contributed by atoms with van der Waals surface area (Å²) < 4.78 is 0. The van der Waals surface area contributed by atoms with E-state index in [-0.39, 0.29) is 6.10 Å². The summed E-state index contributed by atoms with van der Waals surface area (Å²) in [6.07, 6.45) is 15.3. The van der Waals surface area contributed by atoms with Crippen LogP contribution in [0.5, 0.6) is 0 Å². The summed E-state index contributed by atoms with van der Waals surface area (Å²) in [5, 5.41) is 11.1. The van der Waals surface area contributed by atoms with E-state index in [1.54, 1.807) is 0 Å². The van der Waals surface area contributed by atoms with E-state index in [0.717, 1.165) is 30.3 Å². The number of hydrogen-bond acceptors (Lipinski definition) is 2. The van der Waals surface area contributed by atoms with Gasteiger partial charge in [0.15, 0.2) is 0 Å². The van der Waals surface area contributed by atoms with Gasteiger partial charge in [0, 0.05) is 12.6 Å². The molecule has 4 bridgehead atoms. The van der Waals surface area contributed by atoms with Crippen molar-refractivity contribution in [2.24, 2.45) is 23.2 Å². The Morgan fingerprint density at radius 1 is 0.952 bits per heavy atom. The first kappa shape index (κ1) is 14.5. The number of rotatable bonds is 4. The molecule has 1 N–H and O–H groups in total. The molecule has 0 aromatic carbocycles. The third-order valence-corrected chi connectivity index (χ3v) is 7.45. The van der Waals surface area contributed by atoms with Crippen LogP contribution < -0.4 is 0 Å². The maximum atomic E-state index is 11.1. The Morgan fingerprint density at radius 3 is 2.00 bits per heavy atom. The first-order valence-corrected chi connectivity index (χ1v) is 9.53. The lowest BCUT2D eigenvalue weighted by atomic mass is 9.48. The molecule has 5 aliphatic carbocycles. The monoisotopic (exact) mass is 291 g/mol. The molecule has 2 nitrogen and oxygen atoms in total. The van der Waals surface area contributed by atoms with Crippen LogP contribution in [0.1, 0.15) is 70.6 Å². The molecule has 2 heteroatoms. The molecule has 120 valence electrons. The predicted octanol–water partition coefficient (Wildman–Crippen LogP) is 3.83. The molecule has 1 atom stereocenters.